The maximum Gasteiger partial charge on any atom is 0.254 e. The Kier molecular flexibility index (Phi) is 4.62. The van der Waals surface area contributed by atoms with Crippen LogP contribution in [0.3, 0.4) is 0 Å². The Labute approximate surface area is 158 Å². The number of hydrogen-bond acceptors (Lipinski definition) is 5. The van der Waals surface area contributed by atoms with Crippen LogP contribution in [0.5, 0.6) is 0 Å². The highest BCUT2D eigenvalue weighted by atomic mass is 16.1. The van der Waals surface area contributed by atoms with Gasteiger partial charge in [-0.15, -0.1) is 0 Å². The van der Waals surface area contributed by atoms with Crippen LogP contribution in [0.1, 0.15) is 17.7 Å². The fourth-order valence-electron chi connectivity index (χ4n) is 3.36. The van der Waals surface area contributed by atoms with Crippen molar-refractivity contribution in [3.05, 3.63) is 70.3 Å². The van der Waals surface area contributed by atoms with Crippen molar-refractivity contribution in [1.29, 1.82) is 0 Å². The summed E-state index contributed by atoms with van der Waals surface area (Å²) in [6.45, 7) is 5.61. The topological polar surface area (TPSA) is 73.9 Å². The first kappa shape index (κ1) is 17.3. The molecule has 0 spiro atoms. The van der Waals surface area contributed by atoms with E-state index in [4.69, 9.17) is 0 Å². The smallest absolute Gasteiger partial charge is 0.254 e. The third-order valence-corrected chi connectivity index (χ3v) is 5.09. The molecule has 3 heterocycles. The van der Waals surface area contributed by atoms with Crippen LogP contribution in [0.2, 0.25) is 0 Å². The average molecular weight is 361 g/mol. The molecule has 2 N–H and O–H groups in total. The highest BCUT2D eigenvalue weighted by Crippen LogP contribution is 2.22. The minimum atomic E-state index is -0.105. The van der Waals surface area contributed by atoms with Crippen molar-refractivity contribution in [1.82, 2.24) is 15.0 Å². The SMILES string of the molecule is Cc1nc(-c2ccc(NC3CCN(c4ccccc4)C3)nc2)[nH]c(=O)c1C. The number of nitrogens with zero attached hydrogens (tertiary/aromatic N) is 3. The number of pyridine rings is 1. The molecule has 1 aromatic carbocycles. The third-order valence-electron chi connectivity index (χ3n) is 5.09. The van der Waals surface area contributed by atoms with Gasteiger partial charge in [-0.05, 0) is 44.5 Å². The zero-order valence-corrected chi connectivity index (χ0v) is 15.6. The van der Waals surface area contributed by atoms with Crippen LogP contribution < -0.4 is 15.8 Å². The minimum absolute atomic E-state index is 0.105. The van der Waals surface area contributed by atoms with E-state index in [9.17, 15) is 4.79 Å². The highest BCUT2D eigenvalue weighted by Gasteiger charge is 2.22. The summed E-state index contributed by atoms with van der Waals surface area (Å²) < 4.78 is 0. The maximum absolute atomic E-state index is 11.9. The molecule has 0 saturated carbocycles. The predicted molar refractivity (Wildman–Crippen MR) is 108 cm³/mol. The number of hydrogen-bond donors (Lipinski definition) is 2. The van der Waals surface area contributed by atoms with Gasteiger partial charge in [-0.25, -0.2) is 9.97 Å². The van der Waals surface area contributed by atoms with Crippen molar-refractivity contribution in [3.63, 3.8) is 0 Å². The maximum atomic E-state index is 11.9. The van der Waals surface area contributed by atoms with E-state index in [0.29, 0.717) is 17.4 Å². The fraction of sp³-hybridized carbons (Fsp3) is 0.286. The second-order valence-corrected chi connectivity index (χ2v) is 6.97. The number of anilines is 2. The van der Waals surface area contributed by atoms with E-state index in [0.717, 1.165) is 36.6 Å². The first-order valence-corrected chi connectivity index (χ1v) is 9.20. The quantitative estimate of drug-likeness (QED) is 0.747. The molecule has 0 amide bonds. The van der Waals surface area contributed by atoms with Crippen molar-refractivity contribution in [3.8, 4) is 11.4 Å². The molecular weight excluding hydrogens is 338 g/mol. The first-order valence-electron chi connectivity index (χ1n) is 9.20. The van der Waals surface area contributed by atoms with Gasteiger partial charge in [-0.2, -0.15) is 0 Å². The summed E-state index contributed by atoms with van der Waals surface area (Å²) in [7, 11) is 0. The van der Waals surface area contributed by atoms with Crippen LogP contribution in [-0.4, -0.2) is 34.1 Å². The monoisotopic (exact) mass is 361 g/mol. The molecule has 1 fully saturated rings. The normalized spacial score (nSPS) is 16.5. The number of para-hydroxylation sites is 1. The van der Waals surface area contributed by atoms with Gasteiger partial charge in [0.15, 0.2) is 0 Å². The molecule has 2 aromatic heterocycles. The van der Waals surface area contributed by atoms with Crippen LogP contribution in [0.4, 0.5) is 11.5 Å². The van der Waals surface area contributed by atoms with Gasteiger partial charge in [-0.3, -0.25) is 4.79 Å². The Balaban J connectivity index is 1.44. The molecule has 1 unspecified atom stereocenters. The van der Waals surface area contributed by atoms with E-state index in [1.807, 2.05) is 25.1 Å². The molecule has 6 heteroatoms. The van der Waals surface area contributed by atoms with Gasteiger partial charge in [0, 0.05) is 47.8 Å². The fourth-order valence-corrected chi connectivity index (χ4v) is 3.36. The number of nitrogens with one attached hydrogen (secondary N) is 2. The van der Waals surface area contributed by atoms with Gasteiger partial charge in [0.05, 0.1) is 0 Å². The van der Waals surface area contributed by atoms with Gasteiger partial charge in [-0.1, -0.05) is 18.2 Å². The number of benzene rings is 1. The molecule has 138 valence electrons. The van der Waals surface area contributed by atoms with E-state index in [1.54, 1.807) is 13.1 Å². The molecular formula is C21H23N5O. The Hall–Kier alpha value is -3.15. The molecule has 4 rings (SSSR count). The summed E-state index contributed by atoms with van der Waals surface area (Å²) >= 11 is 0. The number of H-pyrrole nitrogens is 1. The second kappa shape index (κ2) is 7.23. The largest absolute Gasteiger partial charge is 0.369 e. The van der Waals surface area contributed by atoms with Crippen LogP contribution in [0, 0.1) is 13.8 Å². The Morgan fingerprint density at radius 1 is 1.15 bits per heavy atom. The van der Waals surface area contributed by atoms with Crippen LogP contribution in [0.15, 0.2) is 53.5 Å². The third kappa shape index (κ3) is 3.69. The van der Waals surface area contributed by atoms with Crippen molar-refractivity contribution in [2.45, 2.75) is 26.3 Å². The molecule has 6 nitrogen and oxygen atoms in total. The van der Waals surface area contributed by atoms with Crippen molar-refractivity contribution >= 4 is 11.5 Å². The summed E-state index contributed by atoms with van der Waals surface area (Å²) in [5, 5.41) is 3.51. The lowest BCUT2D eigenvalue weighted by molar-refractivity contribution is 0.801. The van der Waals surface area contributed by atoms with Gasteiger partial charge >= 0.3 is 0 Å². The second-order valence-electron chi connectivity index (χ2n) is 6.97. The summed E-state index contributed by atoms with van der Waals surface area (Å²) in [4.78, 5) is 26.1. The van der Waals surface area contributed by atoms with E-state index >= 15 is 0 Å². The standard InChI is InChI=1S/C21H23N5O/c1-14-15(2)23-20(25-21(14)27)16-8-9-19(22-12-16)24-17-10-11-26(13-17)18-6-4-3-5-7-18/h3-9,12,17H,10-11,13H2,1-2H3,(H,22,24)(H,23,25,27). The summed E-state index contributed by atoms with van der Waals surface area (Å²) in [6.07, 6.45) is 2.82. The molecule has 0 radical (unpaired) electrons. The molecule has 27 heavy (non-hydrogen) atoms. The van der Waals surface area contributed by atoms with Crippen molar-refractivity contribution < 1.29 is 0 Å². The average Bonchev–Trinajstić information content (AvgIpc) is 3.15. The lowest BCUT2D eigenvalue weighted by atomic mass is 10.2. The van der Waals surface area contributed by atoms with E-state index < -0.39 is 0 Å². The molecule has 0 bridgehead atoms. The summed E-state index contributed by atoms with van der Waals surface area (Å²) in [6, 6.07) is 14.7. The summed E-state index contributed by atoms with van der Waals surface area (Å²) in [5.41, 5.74) is 3.34. The predicted octanol–water partition coefficient (Wildman–Crippen LogP) is 3.14. The number of aromatic amines is 1. The zero-order chi connectivity index (χ0) is 18.8. The van der Waals surface area contributed by atoms with Crippen molar-refractivity contribution in [2.24, 2.45) is 0 Å². The molecule has 1 atom stereocenters. The van der Waals surface area contributed by atoms with Crippen molar-refractivity contribution in [2.75, 3.05) is 23.3 Å². The molecule has 0 aliphatic carbocycles. The Morgan fingerprint density at radius 2 is 1.96 bits per heavy atom. The number of aryl methyl sites for hydroxylation is 1. The van der Waals surface area contributed by atoms with Crippen LogP contribution >= 0.6 is 0 Å². The minimum Gasteiger partial charge on any atom is -0.369 e. The van der Waals surface area contributed by atoms with Gasteiger partial charge < -0.3 is 15.2 Å². The lowest BCUT2D eigenvalue weighted by Crippen LogP contribution is -2.26. The zero-order valence-electron chi connectivity index (χ0n) is 15.6. The Morgan fingerprint density at radius 3 is 2.67 bits per heavy atom. The molecule has 1 aliphatic rings. The first-order chi connectivity index (χ1) is 13.1. The van der Waals surface area contributed by atoms with Gasteiger partial charge in [0.25, 0.3) is 5.56 Å². The molecule has 3 aromatic rings. The molecule has 1 saturated heterocycles. The molecule has 1 aliphatic heterocycles. The lowest BCUT2D eigenvalue weighted by Gasteiger charge is -2.19. The van der Waals surface area contributed by atoms with Crippen LogP contribution in [0.25, 0.3) is 11.4 Å². The van der Waals surface area contributed by atoms with E-state index in [1.165, 1.54) is 5.69 Å². The number of rotatable bonds is 4. The number of aromatic nitrogens is 3. The highest BCUT2D eigenvalue weighted by molar-refractivity contribution is 5.56. The van der Waals surface area contributed by atoms with Crippen LogP contribution in [-0.2, 0) is 0 Å². The summed E-state index contributed by atoms with van der Waals surface area (Å²) in [5.74, 6) is 1.39. The van der Waals surface area contributed by atoms with Gasteiger partial charge in [0.2, 0.25) is 0 Å². The Bertz CT molecular complexity index is 982. The van der Waals surface area contributed by atoms with E-state index in [-0.39, 0.29) is 5.56 Å². The van der Waals surface area contributed by atoms with Gasteiger partial charge in [0.1, 0.15) is 11.6 Å². The van der Waals surface area contributed by atoms with E-state index in [2.05, 4.69) is 49.4 Å².